The molecule has 1 aliphatic heterocycles. The first-order valence-corrected chi connectivity index (χ1v) is 8.23. The van der Waals surface area contributed by atoms with Gasteiger partial charge in [-0.2, -0.15) is 0 Å². The monoisotopic (exact) mass is 319 g/mol. The van der Waals surface area contributed by atoms with E-state index in [1.807, 2.05) is 18.2 Å². The van der Waals surface area contributed by atoms with E-state index < -0.39 is 17.4 Å². The molecule has 0 atom stereocenters. The maximum Gasteiger partial charge on any atom is 0.323 e. The Hall–Kier alpha value is -1.88. The van der Waals surface area contributed by atoms with Crippen molar-refractivity contribution in [2.45, 2.75) is 33.2 Å². The van der Waals surface area contributed by atoms with Crippen molar-refractivity contribution in [3.05, 3.63) is 35.9 Å². The summed E-state index contributed by atoms with van der Waals surface area (Å²) >= 11 is 0. The van der Waals surface area contributed by atoms with Gasteiger partial charge in [0.05, 0.1) is 13.2 Å². The van der Waals surface area contributed by atoms with Crippen LogP contribution in [-0.4, -0.2) is 43.1 Å². The summed E-state index contributed by atoms with van der Waals surface area (Å²) in [6.45, 7) is 6.21. The average molecular weight is 319 g/mol. The molecular weight excluding hydrogens is 294 g/mol. The minimum atomic E-state index is -1.14. The van der Waals surface area contributed by atoms with Crippen LogP contribution < -0.4 is 0 Å². The van der Waals surface area contributed by atoms with Gasteiger partial charge in [0.25, 0.3) is 0 Å². The van der Waals surface area contributed by atoms with E-state index in [1.54, 1.807) is 13.8 Å². The summed E-state index contributed by atoms with van der Waals surface area (Å²) in [5, 5.41) is 0. The Morgan fingerprint density at radius 2 is 1.52 bits per heavy atom. The zero-order valence-electron chi connectivity index (χ0n) is 13.9. The van der Waals surface area contributed by atoms with Gasteiger partial charge in [0, 0.05) is 19.6 Å². The third-order valence-corrected chi connectivity index (χ3v) is 4.29. The van der Waals surface area contributed by atoms with Gasteiger partial charge in [-0.05, 0) is 32.3 Å². The quantitative estimate of drug-likeness (QED) is 0.595. The Balaban J connectivity index is 2.04. The molecule has 126 valence electrons. The smallest absolute Gasteiger partial charge is 0.323 e. The zero-order valence-corrected chi connectivity index (χ0v) is 13.9. The Morgan fingerprint density at radius 3 is 2.00 bits per heavy atom. The topological polar surface area (TPSA) is 55.8 Å². The number of piperidine rings is 1. The summed E-state index contributed by atoms with van der Waals surface area (Å²) in [5.74, 6) is -0.893. The van der Waals surface area contributed by atoms with Crippen LogP contribution >= 0.6 is 0 Å². The van der Waals surface area contributed by atoms with Gasteiger partial charge in [-0.25, -0.2) is 0 Å². The van der Waals surface area contributed by atoms with Gasteiger partial charge >= 0.3 is 11.9 Å². The summed E-state index contributed by atoms with van der Waals surface area (Å²) in [4.78, 5) is 27.0. The molecule has 0 radical (unpaired) electrons. The molecule has 0 amide bonds. The maximum absolute atomic E-state index is 12.4. The largest absolute Gasteiger partial charge is 0.465 e. The summed E-state index contributed by atoms with van der Waals surface area (Å²) < 4.78 is 10.3. The number of ether oxygens (including phenoxy) is 2. The van der Waals surface area contributed by atoms with Crippen molar-refractivity contribution in [2.24, 2.45) is 5.41 Å². The molecule has 1 fully saturated rings. The molecule has 0 N–H and O–H groups in total. The van der Waals surface area contributed by atoms with Crippen LogP contribution in [0.15, 0.2) is 30.3 Å². The Kier molecular flexibility index (Phi) is 6.16. The van der Waals surface area contributed by atoms with Gasteiger partial charge < -0.3 is 9.47 Å². The van der Waals surface area contributed by atoms with Crippen molar-refractivity contribution in [3.8, 4) is 0 Å². The summed E-state index contributed by atoms with van der Waals surface area (Å²) in [5.41, 5.74) is 0.0893. The molecule has 0 unspecified atom stereocenters. The molecule has 23 heavy (non-hydrogen) atoms. The molecule has 1 heterocycles. The predicted octanol–water partition coefficient (Wildman–Crippen LogP) is 2.40. The predicted molar refractivity (Wildman–Crippen MR) is 86.7 cm³/mol. The van der Waals surface area contributed by atoms with Gasteiger partial charge in [-0.3, -0.25) is 14.5 Å². The highest BCUT2D eigenvalue weighted by Gasteiger charge is 2.50. The molecule has 1 aliphatic rings. The molecule has 2 rings (SSSR count). The number of likely N-dealkylation sites (tertiary alicyclic amines) is 1. The highest BCUT2D eigenvalue weighted by molar-refractivity contribution is 6.00. The number of hydrogen-bond donors (Lipinski definition) is 0. The van der Waals surface area contributed by atoms with E-state index in [2.05, 4.69) is 17.0 Å². The van der Waals surface area contributed by atoms with Crippen LogP contribution in [0.5, 0.6) is 0 Å². The molecule has 0 aliphatic carbocycles. The van der Waals surface area contributed by atoms with Crippen LogP contribution in [0.25, 0.3) is 0 Å². The molecule has 0 spiro atoms. The highest BCUT2D eigenvalue weighted by Crippen LogP contribution is 2.35. The van der Waals surface area contributed by atoms with Gasteiger partial charge in [0.1, 0.15) is 0 Å². The first-order chi connectivity index (χ1) is 11.1. The van der Waals surface area contributed by atoms with Crippen LogP contribution in [0.1, 0.15) is 32.3 Å². The fraction of sp³-hybridized carbons (Fsp3) is 0.556. The Morgan fingerprint density at radius 1 is 1.00 bits per heavy atom. The minimum Gasteiger partial charge on any atom is -0.465 e. The standard InChI is InChI=1S/C18H25NO4/c1-3-22-16(20)18(17(21)23-4-2)10-12-19(13-11-18)14-15-8-6-5-7-9-15/h5-9H,3-4,10-14H2,1-2H3. The molecule has 0 saturated carbocycles. The van der Waals surface area contributed by atoms with Gasteiger partial charge in [0.15, 0.2) is 5.41 Å². The molecule has 0 bridgehead atoms. The number of carbonyl (C=O) groups excluding carboxylic acids is 2. The molecule has 1 aromatic rings. The van der Waals surface area contributed by atoms with E-state index in [9.17, 15) is 9.59 Å². The molecule has 1 aromatic carbocycles. The second kappa shape index (κ2) is 8.11. The molecule has 0 aromatic heterocycles. The van der Waals surface area contributed by atoms with E-state index in [0.29, 0.717) is 25.9 Å². The van der Waals surface area contributed by atoms with Gasteiger partial charge in [0.2, 0.25) is 0 Å². The lowest BCUT2D eigenvalue weighted by molar-refractivity contribution is -0.176. The van der Waals surface area contributed by atoms with E-state index in [4.69, 9.17) is 9.47 Å². The summed E-state index contributed by atoms with van der Waals surface area (Å²) in [6, 6.07) is 10.2. The Bertz CT molecular complexity index is 501. The lowest BCUT2D eigenvalue weighted by atomic mass is 9.78. The second-order valence-corrected chi connectivity index (χ2v) is 5.78. The van der Waals surface area contributed by atoms with Crippen LogP contribution in [0.3, 0.4) is 0 Å². The molecule has 5 nitrogen and oxygen atoms in total. The third-order valence-electron chi connectivity index (χ3n) is 4.29. The molecule has 5 heteroatoms. The summed E-state index contributed by atoms with van der Waals surface area (Å²) in [7, 11) is 0. The van der Waals surface area contributed by atoms with Crippen molar-refractivity contribution < 1.29 is 19.1 Å². The first-order valence-electron chi connectivity index (χ1n) is 8.23. The lowest BCUT2D eigenvalue weighted by Gasteiger charge is -2.38. The average Bonchev–Trinajstić information content (AvgIpc) is 2.57. The number of nitrogens with zero attached hydrogens (tertiary/aromatic N) is 1. The molecular formula is C18H25NO4. The normalized spacial score (nSPS) is 17.5. The van der Waals surface area contributed by atoms with E-state index >= 15 is 0 Å². The van der Waals surface area contributed by atoms with Crippen molar-refractivity contribution >= 4 is 11.9 Å². The SMILES string of the molecule is CCOC(=O)C1(C(=O)OCC)CCN(Cc2ccccc2)CC1. The van der Waals surface area contributed by atoms with E-state index in [0.717, 1.165) is 6.54 Å². The molecule has 1 saturated heterocycles. The lowest BCUT2D eigenvalue weighted by Crippen LogP contribution is -2.50. The van der Waals surface area contributed by atoms with E-state index in [-0.39, 0.29) is 13.2 Å². The fourth-order valence-electron chi connectivity index (χ4n) is 2.96. The first kappa shape index (κ1) is 17.5. The number of hydrogen-bond acceptors (Lipinski definition) is 5. The number of rotatable bonds is 6. The number of carbonyl (C=O) groups is 2. The van der Waals surface area contributed by atoms with Crippen LogP contribution in [0.2, 0.25) is 0 Å². The van der Waals surface area contributed by atoms with Crippen LogP contribution in [0, 0.1) is 5.41 Å². The van der Waals surface area contributed by atoms with Crippen LogP contribution in [0.4, 0.5) is 0 Å². The number of benzene rings is 1. The summed E-state index contributed by atoms with van der Waals surface area (Å²) in [6.07, 6.45) is 0.884. The highest BCUT2D eigenvalue weighted by atomic mass is 16.6. The van der Waals surface area contributed by atoms with Gasteiger partial charge in [-0.15, -0.1) is 0 Å². The minimum absolute atomic E-state index is 0.272. The van der Waals surface area contributed by atoms with Crippen molar-refractivity contribution in [1.82, 2.24) is 4.90 Å². The maximum atomic E-state index is 12.4. The van der Waals surface area contributed by atoms with E-state index in [1.165, 1.54) is 5.56 Å². The van der Waals surface area contributed by atoms with Crippen molar-refractivity contribution in [3.63, 3.8) is 0 Å². The zero-order chi connectivity index (χ0) is 16.7. The Labute approximate surface area is 137 Å². The fourth-order valence-corrected chi connectivity index (χ4v) is 2.96. The van der Waals surface area contributed by atoms with Crippen molar-refractivity contribution in [2.75, 3.05) is 26.3 Å². The van der Waals surface area contributed by atoms with Gasteiger partial charge in [-0.1, -0.05) is 30.3 Å². The third kappa shape index (κ3) is 4.10. The second-order valence-electron chi connectivity index (χ2n) is 5.78. The number of esters is 2. The van der Waals surface area contributed by atoms with Crippen molar-refractivity contribution in [1.29, 1.82) is 0 Å². The van der Waals surface area contributed by atoms with Crippen LogP contribution in [-0.2, 0) is 25.6 Å².